The molecule has 0 aliphatic heterocycles. The molecule has 2 heterocycles. The average Bonchev–Trinajstić information content (AvgIpc) is 2.89. The number of hydrogen-bond donors (Lipinski definition) is 4. The number of aromatic amines is 1. The Morgan fingerprint density at radius 2 is 2.05 bits per heavy atom. The van der Waals surface area contributed by atoms with Crippen LogP contribution >= 0.6 is 0 Å². The molecule has 6 nitrogen and oxygen atoms in total. The van der Waals surface area contributed by atoms with Crippen LogP contribution in [0.3, 0.4) is 0 Å². The predicted molar refractivity (Wildman–Crippen MR) is 77.0 cm³/mol. The fourth-order valence-electron chi connectivity index (χ4n) is 1.73. The maximum atomic E-state index is 5.47. The second kappa shape index (κ2) is 6.75. The van der Waals surface area contributed by atoms with Crippen molar-refractivity contribution in [1.82, 2.24) is 15.0 Å². The van der Waals surface area contributed by atoms with Crippen molar-refractivity contribution in [3.8, 4) is 0 Å². The third-order valence-electron chi connectivity index (χ3n) is 2.66. The first-order valence-electron chi connectivity index (χ1n) is 6.43. The SMILES string of the molecule is Cc1nc(NCCCN)cc(NCc2cc[nH]c2)n1. The standard InChI is InChI=1S/C13H20N6/c1-10-18-12(16-5-2-4-14)7-13(19-10)17-9-11-3-6-15-8-11/h3,6-8,15H,2,4-5,9,14H2,1H3,(H2,16,17,18,19). The molecule has 0 unspecified atom stereocenters. The Balaban J connectivity index is 1.95. The zero-order valence-corrected chi connectivity index (χ0v) is 11.1. The Morgan fingerprint density at radius 1 is 1.26 bits per heavy atom. The topological polar surface area (TPSA) is 91.6 Å². The molecule has 0 fully saturated rings. The zero-order chi connectivity index (χ0) is 13.5. The third-order valence-corrected chi connectivity index (χ3v) is 2.66. The number of aromatic nitrogens is 3. The van der Waals surface area contributed by atoms with Gasteiger partial charge in [0.15, 0.2) is 0 Å². The van der Waals surface area contributed by atoms with Crippen molar-refractivity contribution >= 4 is 11.6 Å². The van der Waals surface area contributed by atoms with Crippen LogP contribution in [0.25, 0.3) is 0 Å². The van der Waals surface area contributed by atoms with Gasteiger partial charge in [-0.05, 0) is 31.5 Å². The minimum Gasteiger partial charge on any atom is -0.370 e. The molecule has 0 aliphatic carbocycles. The minimum absolute atomic E-state index is 0.676. The van der Waals surface area contributed by atoms with Crippen LogP contribution in [-0.2, 0) is 6.54 Å². The summed E-state index contributed by atoms with van der Waals surface area (Å²) in [5.74, 6) is 2.40. The maximum Gasteiger partial charge on any atom is 0.132 e. The van der Waals surface area contributed by atoms with Gasteiger partial charge in [-0.25, -0.2) is 9.97 Å². The van der Waals surface area contributed by atoms with Gasteiger partial charge in [0.2, 0.25) is 0 Å². The lowest BCUT2D eigenvalue weighted by molar-refractivity contribution is 0.866. The van der Waals surface area contributed by atoms with Crippen molar-refractivity contribution in [1.29, 1.82) is 0 Å². The van der Waals surface area contributed by atoms with E-state index in [0.29, 0.717) is 6.54 Å². The molecule has 0 spiro atoms. The van der Waals surface area contributed by atoms with Gasteiger partial charge in [-0.2, -0.15) is 0 Å². The molecule has 19 heavy (non-hydrogen) atoms. The van der Waals surface area contributed by atoms with Crippen LogP contribution in [-0.4, -0.2) is 28.0 Å². The van der Waals surface area contributed by atoms with Crippen molar-refractivity contribution in [2.24, 2.45) is 5.73 Å². The molecule has 5 N–H and O–H groups in total. The van der Waals surface area contributed by atoms with Crippen molar-refractivity contribution in [2.45, 2.75) is 19.9 Å². The van der Waals surface area contributed by atoms with Gasteiger partial charge in [-0.15, -0.1) is 0 Å². The van der Waals surface area contributed by atoms with Gasteiger partial charge in [-0.1, -0.05) is 0 Å². The summed E-state index contributed by atoms with van der Waals surface area (Å²) in [5, 5.41) is 6.53. The number of anilines is 2. The smallest absolute Gasteiger partial charge is 0.132 e. The summed E-state index contributed by atoms with van der Waals surface area (Å²) >= 11 is 0. The highest BCUT2D eigenvalue weighted by Gasteiger charge is 2.01. The molecule has 102 valence electrons. The molecule has 6 heteroatoms. The first-order valence-corrected chi connectivity index (χ1v) is 6.43. The van der Waals surface area contributed by atoms with Crippen LogP contribution in [0.4, 0.5) is 11.6 Å². The van der Waals surface area contributed by atoms with E-state index in [2.05, 4.69) is 25.6 Å². The molecule has 2 aromatic rings. The summed E-state index contributed by atoms with van der Waals surface area (Å²) < 4.78 is 0. The van der Waals surface area contributed by atoms with Gasteiger partial charge in [0.25, 0.3) is 0 Å². The lowest BCUT2D eigenvalue weighted by Crippen LogP contribution is -2.11. The Labute approximate surface area is 112 Å². The van der Waals surface area contributed by atoms with Crippen LogP contribution < -0.4 is 16.4 Å². The lowest BCUT2D eigenvalue weighted by atomic mass is 10.3. The summed E-state index contributed by atoms with van der Waals surface area (Å²) in [6, 6.07) is 3.94. The number of rotatable bonds is 7. The molecule has 0 radical (unpaired) electrons. The molecule has 2 rings (SSSR count). The van der Waals surface area contributed by atoms with Gasteiger partial charge in [0, 0.05) is 31.5 Å². The van der Waals surface area contributed by atoms with Gasteiger partial charge in [0.05, 0.1) is 0 Å². The van der Waals surface area contributed by atoms with Gasteiger partial charge < -0.3 is 21.4 Å². The maximum absolute atomic E-state index is 5.47. The summed E-state index contributed by atoms with van der Waals surface area (Å²) in [5.41, 5.74) is 6.66. The number of nitrogens with two attached hydrogens (primary N) is 1. The Kier molecular flexibility index (Phi) is 4.74. The zero-order valence-electron chi connectivity index (χ0n) is 11.1. The fraction of sp³-hybridized carbons (Fsp3) is 0.385. The highest BCUT2D eigenvalue weighted by molar-refractivity contribution is 5.47. The molecule has 0 aromatic carbocycles. The molecule has 0 bridgehead atoms. The molecule has 0 atom stereocenters. The first kappa shape index (κ1) is 13.4. The van der Waals surface area contributed by atoms with E-state index in [9.17, 15) is 0 Å². The second-order valence-corrected chi connectivity index (χ2v) is 4.33. The van der Waals surface area contributed by atoms with Gasteiger partial charge in [0.1, 0.15) is 17.5 Å². The average molecular weight is 260 g/mol. The number of nitrogens with zero attached hydrogens (tertiary/aromatic N) is 2. The van der Waals surface area contributed by atoms with E-state index in [1.165, 1.54) is 5.56 Å². The Bertz CT molecular complexity index is 494. The van der Waals surface area contributed by atoms with E-state index in [0.717, 1.165) is 37.0 Å². The van der Waals surface area contributed by atoms with Crippen molar-refractivity contribution < 1.29 is 0 Å². The fourth-order valence-corrected chi connectivity index (χ4v) is 1.73. The van der Waals surface area contributed by atoms with E-state index in [1.54, 1.807) is 0 Å². The largest absolute Gasteiger partial charge is 0.370 e. The third kappa shape index (κ3) is 4.26. The molecular weight excluding hydrogens is 240 g/mol. The quantitative estimate of drug-likeness (QED) is 0.566. The molecule has 2 aromatic heterocycles. The first-order chi connectivity index (χ1) is 9.28. The Hall–Kier alpha value is -2.08. The number of nitrogens with one attached hydrogen (secondary N) is 3. The van der Waals surface area contributed by atoms with Crippen molar-refractivity contribution in [3.63, 3.8) is 0 Å². The normalized spacial score (nSPS) is 10.4. The van der Waals surface area contributed by atoms with E-state index in [-0.39, 0.29) is 0 Å². The lowest BCUT2D eigenvalue weighted by Gasteiger charge is -2.09. The minimum atomic E-state index is 0.676. The van der Waals surface area contributed by atoms with E-state index in [4.69, 9.17) is 5.73 Å². The highest BCUT2D eigenvalue weighted by atomic mass is 15.1. The number of H-pyrrole nitrogens is 1. The van der Waals surface area contributed by atoms with Crippen LogP contribution in [0, 0.1) is 6.92 Å². The van der Waals surface area contributed by atoms with Crippen molar-refractivity contribution in [3.05, 3.63) is 35.9 Å². The molecular formula is C13H20N6. The monoisotopic (exact) mass is 260 g/mol. The van der Waals surface area contributed by atoms with E-state index >= 15 is 0 Å². The highest BCUT2D eigenvalue weighted by Crippen LogP contribution is 2.12. The molecule has 0 amide bonds. The van der Waals surface area contributed by atoms with Crippen molar-refractivity contribution in [2.75, 3.05) is 23.7 Å². The van der Waals surface area contributed by atoms with Crippen LogP contribution in [0.1, 0.15) is 17.8 Å². The van der Waals surface area contributed by atoms with Crippen LogP contribution in [0.15, 0.2) is 24.5 Å². The Morgan fingerprint density at radius 3 is 2.74 bits per heavy atom. The molecule has 0 aliphatic rings. The van der Waals surface area contributed by atoms with Crippen LogP contribution in [0.2, 0.25) is 0 Å². The number of aryl methyl sites for hydroxylation is 1. The van der Waals surface area contributed by atoms with Crippen LogP contribution in [0.5, 0.6) is 0 Å². The predicted octanol–water partition coefficient (Wildman–Crippen LogP) is 1.49. The second-order valence-electron chi connectivity index (χ2n) is 4.33. The molecule has 0 saturated carbocycles. The summed E-state index contributed by atoms with van der Waals surface area (Å²) in [4.78, 5) is 11.7. The van der Waals surface area contributed by atoms with Gasteiger partial charge in [-0.3, -0.25) is 0 Å². The van der Waals surface area contributed by atoms with Gasteiger partial charge >= 0.3 is 0 Å². The molecule has 0 saturated heterocycles. The van der Waals surface area contributed by atoms with E-state index in [1.807, 2.05) is 31.5 Å². The summed E-state index contributed by atoms with van der Waals surface area (Å²) in [7, 11) is 0. The van der Waals surface area contributed by atoms with E-state index < -0.39 is 0 Å². The summed E-state index contributed by atoms with van der Waals surface area (Å²) in [6.45, 7) is 4.12. The number of hydrogen-bond acceptors (Lipinski definition) is 5. The summed E-state index contributed by atoms with van der Waals surface area (Å²) in [6.07, 6.45) is 4.79.